The molecule has 0 saturated heterocycles. The van der Waals surface area contributed by atoms with Gasteiger partial charge in [0.2, 0.25) is 11.0 Å². The number of thioether (sulfide) groups is 1. The van der Waals surface area contributed by atoms with Crippen LogP contribution in [-0.2, 0) is 4.79 Å². The van der Waals surface area contributed by atoms with E-state index in [9.17, 15) is 9.18 Å². The second-order valence-electron chi connectivity index (χ2n) is 5.63. The van der Waals surface area contributed by atoms with Gasteiger partial charge in [0.15, 0.2) is 4.34 Å². The summed E-state index contributed by atoms with van der Waals surface area (Å²) in [5.41, 5.74) is 0.762. The number of carbonyl (C=O) groups excluding carboxylic acids is 1. The third-order valence-electron chi connectivity index (χ3n) is 3.49. The van der Waals surface area contributed by atoms with Crippen LogP contribution in [-0.4, -0.2) is 28.7 Å². The van der Waals surface area contributed by atoms with Crippen molar-refractivity contribution in [3.8, 4) is 0 Å². The van der Waals surface area contributed by atoms with Crippen molar-refractivity contribution in [2.45, 2.75) is 41.8 Å². The van der Waals surface area contributed by atoms with Crippen molar-refractivity contribution in [1.29, 1.82) is 0 Å². The van der Waals surface area contributed by atoms with Crippen LogP contribution in [0.25, 0.3) is 0 Å². The number of carbonyl (C=O) groups is 1. The number of nitrogens with one attached hydrogen (secondary N) is 2. The zero-order valence-corrected chi connectivity index (χ0v) is 14.9. The van der Waals surface area contributed by atoms with Gasteiger partial charge in [0, 0.05) is 12.6 Å². The van der Waals surface area contributed by atoms with Gasteiger partial charge in [-0.2, -0.15) is 0 Å². The Morgan fingerprint density at radius 1 is 1.38 bits per heavy atom. The molecule has 1 atom stereocenters. The predicted molar refractivity (Wildman–Crippen MR) is 94.9 cm³/mol. The van der Waals surface area contributed by atoms with Crippen molar-refractivity contribution >= 4 is 34.1 Å². The first kappa shape index (κ1) is 17.2. The number of hydrogen-bond donors (Lipinski definition) is 2. The minimum absolute atomic E-state index is 0.0626. The molecule has 1 aromatic carbocycles. The van der Waals surface area contributed by atoms with Gasteiger partial charge >= 0.3 is 0 Å². The van der Waals surface area contributed by atoms with Crippen molar-refractivity contribution in [2.75, 3.05) is 11.9 Å². The van der Waals surface area contributed by atoms with Crippen molar-refractivity contribution in [3.05, 3.63) is 35.6 Å². The van der Waals surface area contributed by atoms with Gasteiger partial charge in [-0.25, -0.2) is 4.39 Å². The van der Waals surface area contributed by atoms with Crippen molar-refractivity contribution in [2.24, 2.45) is 0 Å². The van der Waals surface area contributed by atoms with Crippen LogP contribution in [0.4, 0.5) is 9.52 Å². The van der Waals surface area contributed by atoms with E-state index in [1.54, 1.807) is 12.1 Å². The van der Waals surface area contributed by atoms with Crippen molar-refractivity contribution in [3.63, 3.8) is 0 Å². The molecular formula is C16H19FN4OS2. The molecule has 1 aromatic heterocycles. The Morgan fingerprint density at radius 3 is 2.79 bits per heavy atom. The molecule has 2 N–H and O–H groups in total. The Labute approximate surface area is 148 Å². The largest absolute Gasteiger partial charge is 0.360 e. The van der Waals surface area contributed by atoms with Crippen LogP contribution in [0, 0.1) is 5.82 Å². The Balaban J connectivity index is 1.74. The highest BCUT2D eigenvalue weighted by atomic mass is 32.2. The third kappa shape index (κ3) is 4.67. The first-order valence-electron chi connectivity index (χ1n) is 7.95. The fourth-order valence-electron chi connectivity index (χ4n) is 2.08. The SMILES string of the molecule is CCCNc1nnc(SC(C(=O)NC2CC2)c2ccc(F)cc2)s1. The van der Waals surface area contributed by atoms with E-state index in [0.717, 1.165) is 36.5 Å². The average Bonchev–Trinajstić information content (AvgIpc) is 3.28. The van der Waals surface area contributed by atoms with E-state index in [4.69, 9.17) is 0 Å². The molecule has 0 radical (unpaired) electrons. The number of anilines is 1. The molecule has 2 aromatic rings. The molecule has 0 bridgehead atoms. The Morgan fingerprint density at radius 2 is 2.12 bits per heavy atom. The molecule has 24 heavy (non-hydrogen) atoms. The molecular weight excluding hydrogens is 347 g/mol. The molecule has 8 heteroatoms. The maximum absolute atomic E-state index is 13.2. The zero-order chi connectivity index (χ0) is 16.9. The summed E-state index contributed by atoms with van der Waals surface area (Å²) in [4.78, 5) is 12.6. The van der Waals surface area contributed by atoms with Gasteiger partial charge in [-0.1, -0.05) is 42.2 Å². The minimum atomic E-state index is -0.460. The lowest BCUT2D eigenvalue weighted by molar-refractivity contribution is -0.120. The molecule has 1 aliphatic rings. The fraction of sp³-hybridized carbons (Fsp3) is 0.438. The van der Waals surface area contributed by atoms with E-state index >= 15 is 0 Å². The lowest BCUT2D eigenvalue weighted by Gasteiger charge is -2.15. The van der Waals surface area contributed by atoms with Crippen LogP contribution in [0.5, 0.6) is 0 Å². The summed E-state index contributed by atoms with van der Waals surface area (Å²) in [5.74, 6) is -0.376. The summed E-state index contributed by atoms with van der Waals surface area (Å²) < 4.78 is 13.9. The second kappa shape index (κ2) is 7.94. The number of hydrogen-bond acceptors (Lipinski definition) is 6. The van der Waals surface area contributed by atoms with E-state index in [2.05, 4.69) is 27.8 Å². The smallest absolute Gasteiger partial charge is 0.238 e. The molecule has 0 aliphatic heterocycles. The normalized spacial score (nSPS) is 15.1. The molecule has 0 spiro atoms. The monoisotopic (exact) mass is 366 g/mol. The molecule has 1 amide bonds. The second-order valence-corrected chi connectivity index (χ2v) is 7.96. The number of amides is 1. The van der Waals surface area contributed by atoms with Crippen LogP contribution in [0.2, 0.25) is 0 Å². The molecule has 1 aliphatic carbocycles. The van der Waals surface area contributed by atoms with Crippen LogP contribution in [0.3, 0.4) is 0 Å². The van der Waals surface area contributed by atoms with Crippen LogP contribution < -0.4 is 10.6 Å². The maximum atomic E-state index is 13.2. The highest BCUT2D eigenvalue weighted by molar-refractivity contribution is 8.01. The van der Waals surface area contributed by atoms with E-state index in [1.807, 2.05) is 0 Å². The molecule has 1 fully saturated rings. The van der Waals surface area contributed by atoms with E-state index in [1.165, 1.54) is 35.2 Å². The molecule has 1 saturated carbocycles. The third-order valence-corrected chi connectivity index (χ3v) is 5.71. The van der Waals surface area contributed by atoms with E-state index in [0.29, 0.717) is 4.34 Å². The number of nitrogens with zero attached hydrogens (tertiary/aromatic N) is 2. The van der Waals surface area contributed by atoms with Crippen molar-refractivity contribution < 1.29 is 9.18 Å². The standard InChI is InChI=1S/C16H19FN4OS2/c1-2-9-18-15-20-21-16(24-15)23-13(14(22)19-12-7-8-12)10-3-5-11(17)6-4-10/h3-6,12-13H,2,7-9H2,1H3,(H,18,20)(H,19,22). The number of aromatic nitrogens is 2. The summed E-state index contributed by atoms with van der Waals surface area (Å²) in [6.45, 7) is 2.92. The van der Waals surface area contributed by atoms with Crippen LogP contribution >= 0.6 is 23.1 Å². The number of halogens is 1. The summed E-state index contributed by atoms with van der Waals surface area (Å²) in [6.07, 6.45) is 3.05. The van der Waals surface area contributed by atoms with Crippen LogP contribution in [0.15, 0.2) is 28.6 Å². The first-order chi connectivity index (χ1) is 11.7. The topological polar surface area (TPSA) is 66.9 Å². The highest BCUT2D eigenvalue weighted by Crippen LogP contribution is 2.38. The Bertz CT molecular complexity index is 688. The lowest BCUT2D eigenvalue weighted by Crippen LogP contribution is -2.29. The average molecular weight is 366 g/mol. The Kier molecular flexibility index (Phi) is 5.68. The number of benzene rings is 1. The van der Waals surface area contributed by atoms with Gasteiger partial charge in [0.1, 0.15) is 11.1 Å². The van der Waals surface area contributed by atoms with Crippen molar-refractivity contribution in [1.82, 2.24) is 15.5 Å². The molecule has 3 rings (SSSR count). The molecule has 5 nitrogen and oxygen atoms in total. The van der Waals surface area contributed by atoms with Gasteiger partial charge in [0.05, 0.1) is 0 Å². The molecule has 128 valence electrons. The van der Waals surface area contributed by atoms with E-state index in [-0.39, 0.29) is 17.8 Å². The summed E-state index contributed by atoms with van der Waals surface area (Å²) in [6, 6.07) is 6.33. The lowest BCUT2D eigenvalue weighted by atomic mass is 10.1. The van der Waals surface area contributed by atoms with Gasteiger partial charge in [-0.05, 0) is 37.0 Å². The van der Waals surface area contributed by atoms with Gasteiger partial charge in [-0.3, -0.25) is 4.79 Å². The minimum Gasteiger partial charge on any atom is -0.360 e. The quantitative estimate of drug-likeness (QED) is 0.699. The predicted octanol–water partition coefficient (Wildman–Crippen LogP) is 3.61. The maximum Gasteiger partial charge on any atom is 0.238 e. The van der Waals surface area contributed by atoms with Gasteiger partial charge < -0.3 is 10.6 Å². The van der Waals surface area contributed by atoms with E-state index < -0.39 is 5.25 Å². The summed E-state index contributed by atoms with van der Waals surface area (Å²) in [7, 11) is 0. The highest BCUT2D eigenvalue weighted by Gasteiger charge is 2.30. The fourth-order valence-corrected chi connectivity index (χ4v) is 4.06. The van der Waals surface area contributed by atoms with Gasteiger partial charge in [-0.15, -0.1) is 10.2 Å². The molecule has 1 unspecified atom stereocenters. The van der Waals surface area contributed by atoms with Gasteiger partial charge in [0.25, 0.3) is 0 Å². The summed E-state index contributed by atoms with van der Waals surface area (Å²) in [5, 5.41) is 14.7. The Hall–Kier alpha value is -1.67. The summed E-state index contributed by atoms with van der Waals surface area (Å²) >= 11 is 2.78. The molecule has 1 heterocycles. The number of rotatable bonds is 8. The zero-order valence-electron chi connectivity index (χ0n) is 13.3. The first-order valence-corrected chi connectivity index (χ1v) is 9.65. The van der Waals surface area contributed by atoms with Crippen LogP contribution in [0.1, 0.15) is 37.0 Å².